The van der Waals surface area contributed by atoms with Crippen LogP contribution < -0.4 is 18.9 Å². The van der Waals surface area contributed by atoms with Crippen molar-refractivity contribution in [3.05, 3.63) is 72.6 Å². The number of nitrogens with zero attached hydrogens (tertiary/aromatic N) is 1. The van der Waals surface area contributed by atoms with E-state index in [9.17, 15) is 8.42 Å². The van der Waals surface area contributed by atoms with Gasteiger partial charge >= 0.3 is 0 Å². The second kappa shape index (κ2) is 7.77. The van der Waals surface area contributed by atoms with E-state index in [0.29, 0.717) is 42.8 Å². The van der Waals surface area contributed by atoms with E-state index in [1.54, 1.807) is 36.5 Å². The number of hydrogen-bond donors (Lipinski definition) is 1. The molecule has 28 heavy (non-hydrogen) atoms. The van der Waals surface area contributed by atoms with Crippen LogP contribution in [0.5, 0.6) is 17.2 Å². The average molecular weight is 398 g/mol. The molecule has 4 rings (SSSR count). The molecule has 0 bridgehead atoms. The Morgan fingerprint density at radius 1 is 0.964 bits per heavy atom. The quantitative estimate of drug-likeness (QED) is 0.686. The minimum Gasteiger partial charge on any atom is -0.487 e. The highest BCUT2D eigenvalue weighted by atomic mass is 32.2. The van der Waals surface area contributed by atoms with Crippen LogP contribution in [0.1, 0.15) is 5.69 Å². The molecule has 0 fully saturated rings. The Labute approximate surface area is 163 Å². The van der Waals surface area contributed by atoms with Crippen LogP contribution in [0.25, 0.3) is 0 Å². The van der Waals surface area contributed by atoms with Gasteiger partial charge in [-0.2, -0.15) is 0 Å². The molecule has 0 saturated heterocycles. The SMILES string of the molecule is O=S(=O)(Nc1cccc(OCc2ccccn2)c1)c1ccc2c(c1)OCCO2. The molecule has 1 aromatic heterocycles. The third-order valence-electron chi connectivity index (χ3n) is 4.02. The summed E-state index contributed by atoms with van der Waals surface area (Å²) in [5.41, 5.74) is 1.18. The first-order valence-corrected chi connectivity index (χ1v) is 10.1. The fourth-order valence-corrected chi connectivity index (χ4v) is 3.76. The van der Waals surface area contributed by atoms with E-state index >= 15 is 0 Å². The zero-order chi connectivity index (χ0) is 19.4. The number of benzene rings is 2. The van der Waals surface area contributed by atoms with Crippen LogP contribution in [0.2, 0.25) is 0 Å². The molecule has 1 aliphatic rings. The lowest BCUT2D eigenvalue weighted by molar-refractivity contribution is 0.171. The molecule has 1 N–H and O–H groups in total. The van der Waals surface area contributed by atoms with Gasteiger partial charge in [0, 0.05) is 18.3 Å². The van der Waals surface area contributed by atoms with E-state index in [1.165, 1.54) is 12.1 Å². The van der Waals surface area contributed by atoms with Crippen molar-refractivity contribution in [2.24, 2.45) is 0 Å². The molecule has 7 nitrogen and oxygen atoms in total. The minimum atomic E-state index is -3.78. The zero-order valence-corrected chi connectivity index (χ0v) is 15.7. The van der Waals surface area contributed by atoms with Crippen LogP contribution in [-0.2, 0) is 16.6 Å². The summed E-state index contributed by atoms with van der Waals surface area (Å²) in [5, 5.41) is 0. The minimum absolute atomic E-state index is 0.0940. The zero-order valence-electron chi connectivity index (χ0n) is 14.9. The monoisotopic (exact) mass is 398 g/mol. The van der Waals surface area contributed by atoms with Crippen molar-refractivity contribution in [1.82, 2.24) is 4.98 Å². The van der Waals surface area contributed by atoms with E-state index in [-0.39, 0.29) is 4.90 Å². The first-order chi connectivity index (χ1) is 13.6. The summed E-state index contributed by atoms with van der Waals surface area (Å²) in [5.74, 6) is 1.49. The highest BCUT2D eigenvalue weighted by Crippen LogP contribution is 2.33. The van der Waals surface area contributed by atoms with Gasteiger partial charge in [-0.1, -0.05) is 12.1 Å². The molecule has 8 heteroatoms. The van der Waals surface area contributed by atoms with Gasteiger partial charge < -0.3 is 14.2 Å². The molecule has 0 atom stereocenters. The summed E-state index contributed by atoms with van der Waals surface area (Å²) in [7, 11) is -3.78. The van der Waals surface area contributed by atoms with Gasteiger partial charge in [0.15, 0.2) is 11.5 Å². The molecule has 3 aromatic rings. The molecule has 144 valence electrons. The number of ether oxygens (including phenoxy) is 3. The van der Waals surface area contributed by atoms with Crippen LogP contribution in [0.15, 0.2) is 71.8 Å². The third-order valence-corrected chi connectivity index (χ3v) is 5.40. The number of anilines is 1. The van der Waals surface area contributed by atoms with E-state index in [1.807, 2.05) is 18.2 Å². The summed E-state index contributed by atoms with van der Waals surface area (Å²) in [6.07, 6.45) is 1.69. The largest absolute Gasteiger partial charge is 0.487 e. The van der Waals surface area contributed by atoms with Crippen LogP contribution in [0.4, 0.5) is 5.69 Å². The maximum Gasteiger partial charge on any atom is 0.262 e. The lowest BCUT2D eigenvalue weighted by Gasteiger charge is -2.19. The van der Waals surface area contributed by atoms with Crippen molar-refractivity contribution in [2.75, 3.05) is 17.9 Å². The second-order valence-corrected chi connectivity index (χ2v) is 7.73. The molecule has 2 aromatic carbocycles. The number of sulfonamides is 1. The van der Waals surface area contributed by atoms with Crippen LogP contribution >= 0.6 is 0 Å². The third kappa shape index (κ3) is 4.17. The number of nitrogens with one attached hydrogen (secondary N) is 1. The Morgan fingerprint density at radius 2 is 1.82 bits per heavy atom. The van der Waals surface area contributed by atoms with E-state index < -0.39 is 10.0 Å². The van der Waals surface area contributed by atoms with Gasteiger partial charge in [-0.3, -0.25) is 9.71 Å². The van der Waals surface area contributed by atoms with Gasteiger partial charge in [0.2, 0.25) is 0 Å². The fraction of sp³-hybridized carbons (Fsp3) is 0.150. The molecule has 0 unspecified atom stereocenters. The Bertz CT molecular complexity index is 1070. The number of aromatic nitrogens is 1. The van der Waals surface area contributed by atoms with Crippen molar-refractivity contribution < 1.29 is 22.6 Å². The Morgan fingerprint density at radius 3 is 2.64 bits per heavy atom. The molecule has 0 saturated carbocycles. The Kier molecular flexibility index (Phi) is 5.03. The highest BCUT2D eigenvalue weighted by molar-refractivity contribution is 7.92. The summed E-state index contributed by atoms with van der Waals surface area (Å²) in [6, 6.07) is 16.8. The Balaban J connectivity index is 1.49. The first kappa shape index (κ1) is 18.1. The van der Waals surface area contributed by atoms with Gasteiger partial charge in [-0.25, -0.2) is 8.42 Å². The summed E-state index contributed by atoms with van der Waals surface area (Å²) in [6.45, 7) is 1.13. The predicted molar refractivity (Wildman–Crippen MR) is 103 cm³/mol. The average Bonchev–Trinajstić information content (AvgIpc) is 2.72. The second-order valence-electron chi connectivity index (χ2n) is 6.05. The number of rotatable bonds is 6. The topological polar surface area (TPSA) is 86.8 Å². The van der Waals surface area contributed by atoms with Crippen LogP contribution in [0.3, 0.4) is 0 Å². The molecule has 0 aliphatic carbocycles. The molecular weight excluding hydrogens is 380 g/mol. The van der Waals surface area contributed by atoms with Crippen LogP contribution in [-0.4, -0.2) is 26.6 Å². The van der Waals surface area contributed by atoms with E-state index in [4.69, 9.17) is 14.2 Å². The highest BCUT2D eigenvalue weighted by Gasteiger charge is 2.19. The smallest absolute Gasteiger partial charge is 0.262 e. The van der Waals surface area contributed by atoms with E-state index in [2.05, 4.69) is 9.71 Å². The van der Waals surface area contributed by atoms with Crippen LogP contribution in [0, 0.1) is 0 Å². The lowest BCUT2D eigenvalue weighted by atomic mass is 10.3. The van der Waals surface area contributed by atoms with E-state index in [0.717, 1.165) is 5.69 Å². The van der Waals surface area contributed by atoms with Crippen molar-refractivity contribution in [3.63, 3.8) is 0 Å². The number of hydrogen-bond acceptors (Lipinski definition) is 6. The van der Waals surface area contributed by atoms with Crippen molar-refractivity contribution >= 4 is 15.7 Å². The van der Waals surface area contributed by atoms with Crippen molar-refractivity contribution in [1.29, 1.82) is 0 Å². The van der Waals surface area contributed by atoms with Gasteiger partial charge in [0.1, 0.15) is 25.6 Å². The lowest BCUT2D eigenvalue weighted by Crippen LogP contribution is -2.17. The standard InChI is InChI=1S/C20H18N2O5S/c23-28(24,18-7-8-19-20(13-18)26-11-10-25-19)22-15-5-3-6-17(12-15)27-14-16-4-1-2-9-21-16/h1-9,12-13,22H,10-11,14H2. The summed E-state index contributed by atoms with van der Waals surface area (Å²) < 4.78 is 44.6. The molecule has 0 radical (unpaired) electrons. The molecule has 0 amide bonds. The maximum atomic E-state index is 12.7. The molecule has 0 spiro atoms. The van der Waals surface area contributed by atoms with Gasteiger partial charge in [-0.15, -0.1) is 0 Å². The summed E-state index contributed by atoms with van der Waals surface area (Å²) in [4.78, 5) is 4.29. The predicted octanol–water partition coefficient (Wildman–Crippen LogP) is 3.23. The van der Waals surface area contributed by atoms with Crippen molar-refractivity contribution in [3.8, 4) is 17.2 Å². The maximum absolute atomic E-state index is 12.7. The first-order valence-electron chi connectivity index (χ1n) is 8.65. The van der Waals surface area contributed by atoms with Gasteiger partial charge in [0.05, 0.1) is 16.3 Å². The molecule has 2 heterocycles. The van der Waals surface area contributed by atoms with Gasteiger partial charge in [-0.05, 0) is 36.4 Å². The number of pyridine rings is 1. The van der Waals surface area contributed by atoms with Crippen molar-refractivity contribution in [2.45, 2.75) is 11.5 Å². The molecular formula is C20H18N2O5S. The summed E-state index contributed by atoms with van der Waals surface area (Å²) >= 11 is 0. The Hall–Kier alpha value is -3.26. The normalized spacial score (nSPS) is 13.0. The number of fused-ring (bicyclic) bond motifs is 1. The van der Waals surface area contributed by atoms with Gasteiger partial charge in [0.25, 0.3) is 10.0 Å². The molecule has 1 aliphatic heterocycles. The fourth-order valence-electron chi connectivity index (χ4n) is 2.70.